The summed E-state index contributed by atoms with van der Waals surface area (Å²) in [5, 5.41) is 3.13. The maximum Gasteiger partial charge on any atom is 0.253 e. The van der Waals surface area contributed by atoms with Gasteiger partial charge in [0.2, 0.25) is 10.0 Å². The van der Waals surface area contributed by atoms with Crippen LogP contribution in [0.25, 0.3) is 0 Å². The molecule has 138 valence electrons. The topological polar surface area (TPSA) is 88.2 Å². The van der Waals surface area contributed by atoms with E-state index in [0.717, 1.165) is 6.54 Å². The number of sulfonamides is 1. The van der Waals surface area contributed by atoms with Crippen molar-refractivity contribution in [3.05, 3.63) is 24.3 Å². The van der Waals surface area contributed by atoms with Crippen molar-refractivity contribution in [1.82, 2.24) is 14.5 Å². The molecule has 0 radical (unpaired) electrons. The van der Waals surface area contributed by atoms with Gasteiger partial charge in [0.25, 0.3) is 5.91 Å². The summed E-state index contributed by atoms with van der Waals surface area (Å²) in [4.78, 5) is 14.3. The van der Waals surface area contributed by atoms with Gasteiger partial charge >= 0.3 is 0 Å². The third kappa shape index (κ3) is 3.95. The normalized spacial score (nSPS) is 22.6. The Hall–Kier alpha value is -1.68. The molecule has 8 nitrogen and oxygen atoms in total. The fourth-order valence-corrected chi connectivity index (χ4v) is 4.40. The number of carbonyl (C=O) groups excluding carboxylic acids is 1. The minimum absolute atomic E-state index is 0.0753. The largest absolute Gasteiger partial charge is 0.497 e. The number of hydrogen-bond acceptors (Lipinski definition) is 6. The highest BCUT2D eigenvalue weighted by Gasteiger charge is 2.33. The van der Waals surface area contributed by atoms with Crippen LogP contribution in [0.3, 0.4) is 0 Å². The summed E-state index contributed by atoms with van der Waals surface area (Å²) in [6.45, 7) is 3.06. The van der Waals surface area contributed by atoms with Crippen LogP contribution in [0.4, 0.5) is 0 Å². The van der Waals surface area contributed by atoms with Gasteiger partial charge in [-0.1, -0.05) is 0 Å². The van der Waals surface area contributed by atoms with Gasteiger partial charge in [-0.05, 0) is 24.3 Å². The second kappa shape index (κ2) is 7.69. The average molecular weight is 369 g/mol. The van der Waals surface area contributed by atoms with Crippen molar-refractivity contribution in [2.24, 2.45) is 0 Å². The Morgan fingerprint density at radius 1 is 1.20 bits per heavy atom. The number of morpholine rings is 1. The predicted molar refractivity (Wildman–Crippen MR) is 90.9 cm³/mol. The van der Waals surface area contributed by atoms with Crippen molar-refractivity contribution in [2.75, 3.05) is 53.0 Å². The molecular formula is C16H23N3O5S. The Morgan fingerprint density at radius 2 is 1.88 bits per heavy atom. The minimum atomic E-state index is -3.56. The molecule has 2 fully saturated rings. The van der Waals surface area contributed by atoms with E-state index in [1.54, 1.807) is 17.0 Å². The van der Waals surface area contributed by atoms with Crippen LogP contribution in [-0.4, -0.2) is 82.6 Å². The predicted octanol–water partition coefficient (Wildman–Crippen LogP) is -0.483. The highest BCUT2D eigenvalue weighted by molar-refractivity contribution is 7.89. The number of nitrogens with zero attached hydrogens (tertiary/aromatic N) is 2. The Labute approximate surface area is 147 Å². The molecule has 1 amide bonds. The zero-order valence-corrected chi connectivity index (χ0v) is 15.0. The Morgan fingerprint density at radius 3 is 2.44 bits per heavy atom. The first kappa shape index (κ1) is 18.1. The molecule has 0 saturated carbocycles. The summed E-state index contributed by atoms with van der Waals surface area (Å²) in [7, 11) is -2.03. The van der Waals surface area contributed by atoms with Gasteiger partial charge in [-0.2, -0.15) is 4.31 Å². The van der Waals surface area contributed by atoms with Crippen LogP contribution < -0.4 is 10.1 Å². The third-order valence-corrected chi connectivity index (χ3v) is 6.36. The van der Waals surface area contributed by atoms with E-state index in [2.05, 4.69) is 5.32 Å². The molecule has 1 aromatic carbocycles. The fourth-order valence-electron chi connectivity index (χ4n) is 2.97. The monoisotopic (exact) mass is 369 g/mol. The summed E-state index contributed by atoms with van der Waals surface area (Å²) in [5.74, 6) is 0.532. The molecule has 0 bridgehead atoms. The van der Waals surface area contributed by atoms with E-state index in [-0.39, 0.29) is 23.9 Å². The van der Waals surface area contributed by atoms with Crippen molar-refractivity contribution in [3.8, 4) is 5.75 Å². The molecule has 25 heavy (non-hydrogen) atoms. The van der Waals surface area contributed by atoms with Crippen molar-refractivity contribution in [1.29, 1.82) is 0 Å². The molecule has 0 aromatic heterocycles. The molecule has 0 spiro atoms. The molecule has 1 N–H and O–H groups in total. The van der Waals surface area contributed by atoms with Gasteiger partial charge in [0.05, 0.1) is 18.6 Å². The summed E-state index contributed by atoms with van der Waals surface area (Å²) in [5.41, 5.74) is 0. The van der Waals surface area contributed by atoms with Gasteiger partial charge in [0.15, 0.2) is 0 Å². The van der Waals surface area contributed by atoms with Gasteiger partial charge in [-0.25, -0.2) is 8.42 Å². The van der Waals surface area contributed by atoms with Gasteiger partial charge in [0.1, 0.15) is 11.9 Å². The van der Waals surface area contributed by atoms with E-state index in [1.165, 1.54) is 23.5 Å². The fraction of sp³-hybridized carbons (Fsp3) is 0.562. The second-order valence-corrected chi connectivity index (χ2v) is 7.91. The number of hydrogen-bond donors (Lipinski definition) is 1. The van der Waals surface area contributed by atoms with Crippen molar-refractivity contribution < 1.29 is 22.7 Å². The van der Waals surface area contributed by atoms with Crippen LogP contribution in [0.2, 0.25) is 0 Å². The molecule has 2 saturated heterocycles. The summed E-state index contributed by atoms with van der Waals surface area (Å²) < 4.78 is 37.4. The van der Waals surface area contributed by atoms with Crippen molar-refractivity contribution in [2.45, 2.75) is 11.0 Å². The molecule has 3 rings (SSSR count). The summed E-state index contributed by atoms with van der Waals surface area (Å²) in [6.07, 6.45) is -0.474. The first-order chi connectivity index (χ1) is 12.0. The van der Waals surface area contributed by atoms with Crippen molar-refractivity contribution in [3.63, 3.8) is 0 Å². The van der Waals surface area contributed by atoms with E-state index in [9.17, 15) is 13.2 Å². The zero-order valence-electron chi connectivity index (χ0n) is 14.2. The Kier molecular flexibility index (Phi) is 5.57. The minimum Gasteiger partial charge on any atom is -0.497 e. The number of carbonyl (C=O) groups is 1. The molecule has 9 heteroatoms. The van der Waals surface area contributed by atoms with Crippen LogP contribution >= 0.6 is 0 Å². The highest BCUT2D eigenvalue weighted by atomic mass is 32.2. The molecule has 1 atom stereocenters. The van der Waals surface area contributed by atoms with Gasteiger partial charge in [0, 0.05) is 39.3 Å². The second-order valence-electron chi connectivity index (χ2n) is 5.97. The lowest BCUT2D eigenvalue weighted by Crippen LogP contribution is -2.55. The average Bonchev–Trinajstić information content (AvgIpc) is 2.68. The lowest BCUT2D eigenvalue weighted by Gasteiger charge is -2.36. The van der Waals surface area contributed by atoms with Crippen LogP contribution in [0, 0.1) is 0 Å². The van der Waals surface area contributed by atoms with Gasteiger partial charge in [-0.3, -0.25) is 4.79 Å². The highest BCUT2D eigenvalue weighted by Crippen LogP contribution is 2.21. The third-order valence-electron chi connectivity index (χ3n) is 4.45. The van der Waals surface area contributed by atoms with Crippen molar-refractivity contribution >= 4 is 15.9 Å². The summed E-state index contributed by atoms with van der Waals surface area (Å²) >= 11 is 0. The van der Waals surface area contributed by atoms with E-state index in [0.29, 0.717) is 32.0 Å². The standard InChI is InChI=1S/C16H23N3O5S/c1-23-13-2-4-14(5-3-13)25(21,22)19-9-7-18(8-10-19)16(20)15-12-17-6-11-24-15/h2-5,15,17H,6-12H2,1H3. The molecule has 2 aliphatic heterocycles. The van der Waals surface area contributed by atoms with Crippen LogP contribution in [0.1, 0.15) is 0 Å². The Bertz CT molecular complexity index is 693. The molecule has 2 aliphatic rings. The molecule has 1 aromatic rings. The van der Waals surface area contributed by atoms with Gasteiger partial charge < -0.3 is 19.7 Å². The quantitative estimate of drug-likeness (QED) is 0.771. The SMILES string of the molecule is COc1ccc(S(=O)(=O)N2CCN(C(=O)C3CNCCO3)CC2)cc1. The number of rotatable bonds is 4. The first-order valence-corrected chi connectivity index (χ1v) is 9.71. The summed E-state index contributed by atoms with van der Waals surface area (Å²) in [6, 6.07) is 6.32. The molecule has 2 heterocycles. The lowest BCUT2D eigenvalue weighted by atomic mass is 10.2. The number of methoxy groups -OCH3 is 1. The first-order valence-electron chi connectivity index (χ1n) is 8.27. The Balaban J connectivity index is 1.61. The maximum absolute atomic E-state index is 12.7. The molecular weight excluding hydrogens is 346 g/mol. The van der Waals surface area contributed by atoms with Gasteiger partial charge in [-0.15, -0.1) is 0 Å². The van der Waals surface area contributed by atoms with E-state index in [1.807, 2.05) is 0 Å². The number of piperazine rings is 1. The lowest BCUT2D eigenvalue weighted by molar-refractivity contribution is -0.146. The van der Waals surface area contributed by atoms with Crippen LogP contribution in [0.5, 0.6) is 5.75 Å². The smallest absolute Gasteiger partial charge is 0.253 e. The van der Waals surface area contributed by atoms with E-state index < -0.39 is 16.1 Å². The van der Waals surface area contributed by atoms with E-state index in [4.69, 9.17) is 9.47 Å². The molecule has 1 unspecified atom stereocenters. The maximum atomic E-state index is 12.7. The number of nitrogens with one attached hydrogen (secondary N) is 1. The van der Waals surface area contributed by atoms with Crippen LogP contribution in [0.15, 0.2) is 29.2 Å². The number of benzene rings is 1. The zero-order chi connectivity index (χ0) is 17.9. The molecule has 0 aliphatic carbocycles. The van der Waals surface area contributed by atoms with Crippen LogP contribution in [-0.2, 0) is 19.6 Å². The number of ether oxygens (including phenoxy) is 2. The number of amides is 1. The van der Waals surface area contributed by atoms with E-state index >= 15 is 0 Å².